The van der Waals surface area contributed by atoms with E-state index in [2.05, 4.69) is 22.3 Å². The van der Waals surface area contributed by atoms with Gasteiger partial charge in [-0.2, -0.15) is 0 Å². The van der Waals surface area contributed by atoms with Gasteiger partial charge in [0.15, 0.2) is 0 Å². The third kappa shape index (κ3) is 6.11. The van der Waals surface area contributed by atoms with Gasteiger partial charge in [-0.3, -0.25) is 4.90 Å². The van der Waals surface area contributed by atoms with E-state index in [9.17, 15) is 10.2 Å². The molecule has 3 N–H and O–H groups in total. The number of nitrogens with zero attached hydrogens (tertiary/aromatic N) is 1. The zero-order chi connectivity index (χ0) is 14.9. The lowest BCUT2D eigenvalue weighted by Crippen LogP contribution is -2.46. The van der Waals surface area contributed by atoms with Crippen LogP contribution < -0.4 is 5.32 Å². The Balaban J connectivity index is 1.69. The summed E-state index contributed by atoms with van der Waals surface area (Å²) in [4.78, 5) is 2.21. The first-order valence-corrected chi connectivity index (χ1v) is 7.64. The second-order valence-electron chi connectivity index (χ2n) is 5.54. The molecular formula is C16H26N2O3. The van der Waals surface area contributed by atoms with Gasteiger partial charge in [0.25, 0.3) is 0 Å². The maximum absolute atomic E-state index is 10.1. The van der Waals surface area contributed by atoms with Crippen LogP contribution in [0, 0.1) is 0 Å². The minimum absolute atomic E-state index is 0.0215. The third-order valence-electron chi connectivity index (χ3n) is 3.76. The molecule has 0 bridgehead atoms. The minimum atomic E-state index is -0.423. The average molecular weight is 294 g/mol. The lowest BCUT2D eigenvalue weighted by molar-refractivity contribution is 0.0141. The summed E-state index contributed by atoms with van der Waals surface area (Å²) in [6, 6.07) is 10.1. The number of hydrogen-bond acceptors (Lipinski definition) is 5. The summed E-state index contributed by atoms with van der Waals surface area (Å²) in [6.45, 7) is 4.46. The van der Waals surface area contributed by atoms with Crippen LogP contribution in [0.1, 0.15) is 5.56 Å². The molecule has 5 heteroatoms. The van der Waals surface area contributed by atoms with Crippen LogP contribution in [-0.4, -0.2) is 73.3 Å². The maximum Gasteiger partial charge on any atom is 0.0791 e. The summed E-state index contributed by atoms with van der Waals surface area (Å²) >= 11 is 0. The predicted octanol–water partition coefficient (Wildman–Crippen LogP) is -0.127. The van der Waals surface area contributed by atoms with Gasteiger partial charge in [-0.25, -0.2) is 0 Å². The Morgan fingerprint density at radius 1 is 1.19 bits per heavy atom. The Kier molecular flexibility index (Phi) is 7.12. The van der Waals surface area contributed by atoms with Crippen molar-refractivity contribution in [2.75, 3.05) is 46.0 Å². The summed E-state index contributed by atoms with van der Waals surface area (Å²) in [5, 5.41) is 22.8. The van der Waals surface area contributed by atoms with Crippen LogP contribution in [-0.2, 0) is 11.2 Å². The highest BCUT2D eigenvalue weighted by Crippen LogP contribution is 2.03. The standard InChI is InChI=1S/C16H26N2O3/c19-13-15(10-14-4-2-1-3-5-14)17-11-16(20)12-18-6-8-21-9-7-18/h1-5,15-17,19-20H,6-13H2. The predicted molar refractivity (Wildman–Crippen MR) is 82.3 cm³/mol. The fourth-order valence-electron chi connectivity index (χ4n) is 2.55. The van der Waals surface area contributed by atoms with Crippen molar-refractivity contribution < 1.29 is 14.9 Å². The molecule has 0 aromatic heterocycles. The molecule has 0 aliphatic carbocycles. The summed E-state index contributed by atoms with van der Waals surface area (Å²) in [5.74, 6) is 0. The van der Waals surface area contributed by atoms with E-state index in [1.54, 1.807) is 0 Å². The van der Waals surface area contributed by atoms with E-state index in [0.717, 1.165) is 32.7 Å². The normalized spacial score (nSPS) is 19.3. The van der Waals surface area contributed by atoms with Crippen LogP contribution in [0.4, 0.5) is 0 Å². The van der Waals surface area contributed by atoms with E-state index < -0.39 is 6.10 Å². The summed E-state index contributed by atoms with van der Waals surface area (Å²) < 4.78 is 5.29. The number of hydrogen-bond donors (Lipinski definition) is 3. The van der Waals surface area contributed by atoms with E-state index in [-0.39, 0.29) is 12.6 Å². The quantitative estimate of drug-likeness (QED) is 0.623. The van der Waals surface area contributed by atoms with Gasteiger partial charge in [-0.05, 0) is 12.0 Å². The van der Waals surface area contributed by atoms with E-state index in [1.165, 1.54) is 5.56 Å². The van der Waals surface area contributed by atoms with Crippen molar-refractivity contribution >= 4 is 0 Å². The Labute approximate surface area is 126 Å². The van der Waals surface area contributed by atoms with Crippen LogP contribution >= 0.6 is 0 Å². The van der Waals surface area contributed by atoms with Crippen molar-refractivity contribution in [2.24, 2.45) is 0 Å². The first kappa shape index (κ1) is 16.4. The molecule has 1 fully saturated rings. The lowest BCUT2D eigenvalue weighted by Gasteiger charge is -2.29. The van der Waals surface area contributed by atoms with E-state index in [4.69, 9.17) is 4.74 Å². The van der Waals surface area contributed by atoms with Gasteiger partial charge in [-0.15, -0.1) is 0 Å². The Hall–Kier alpha value is -0.980. The van der Waals surface area contributed by atoms with Crippen molar-refractivity contribution in [2.45, 2.75) is 18.6 Å². The molecule has 0 saturated carbocycles. The number of morpholine rings is 1. The molecule has 1 aromatic rings. The summed E-state index contributed by atoms with van der Waals surface area (Å²) in [5.41, 5.74) is 1.19. The van der Waals surface area contributed by atoms with Gasteiger partial charge in [0.1, 0.15) is 0 Å². The van der Waals surface area contributed by atoms with Crippen molar-refractivity contribution in [1.29, 1.82) is 0 Å². The monoisotopic (exact) mass is 294 g/mol. The average Bonchev–Trinajstić information content (AvgIpc) is 2.53. The Bertz CT molecular complexity index is 382. The SMILES string of the molecule is OCC(Cc1ccccc1)NCC(O)CN1CCOCC1. The highest BCUT2D eigenvalue weighted by Gasteiger charge is 2.16. The first-order chi connectivity index (χ1) is 10.3. The molecule has 1 saturated heterocycles. The van der Waals surface area contributed by atoms with Crippen molar-refractivity contribution in [3.8, 4) is 0 Å². The van der Waals surface area contributed by atoms with Gasteiger partial charge in [0.05, 0.1) is 25.9 Å². The van der Waals surface area contributed by atoms with Crippen LogP contribution in [0.25, 0.3) is 0 Å². The van der Waals surface area contributed by atoms with Gasteiger partial charge >= 0.3 is 0 Å². The van der Waals surface area contributed by atoms with E-state index >= 15 is 0 Å². The van der Waals surface area contributed by atoms with Crippen molar-refractivity contribution in [3.63, 3.8) is 0 Å². The molecule has 1 aliphatic rings. The van der Waals surface area contributed by atoms with Crippen LogP contribution in [0.15, 0.2) is 30.3 Å². The fourth-order valence-corrected chi connectivity index (χ4v) is 2.55. The number of benzene rings is 1. The van der Waals surface area contributed by atoms with E-state index in [1.807, 2.05) is 18.2 Å². The molecule has 0 amide bonds. The molecule has 5 nitrogen and oxygen atoms in total. The minimum Gasteiger partial charge on any atom is -0.395 e. The number of nitrogens with one attached hydrogen (secondary N) is 1. The number of aliphatic hydroxyl groups excluding tert-OH is 2. The molecule has 0 spiro atoms. The fraction of sp³-hybridized carbons (Fsp3) is 0.625. The van der Waals surface area contributed by atoms with Crippen LogP contribution in [0.3, 0.4) is 0 Å². The van der Waals surface area contributed by atoms with Crippen molar-refractivity contribution in [3.05, 3.63) is 35.9 Å². The number of ether oxygens (including phenoxy) is 1. The largest absolute Gasteiger partial charge is 0.395 e. The highest BCUT2D eigenvalue weighted by atomic mass is 16.5. The van der Waals surface area contributed by atoms with E-state index in [0.29, 0.717) is 13.1 Å². The zero-order valence-electron chi connectivity index (χ0n) is 12.4. The molecule has 1 aliphatic heterocycles. The lowest BCUT2D eigenvalue weighted by atomic mass is 10.1. The molecule has 118 valence electrons. The Morgan fingerprint density at radius 2 is 1.90 bits per heavy atom. The maximum atomic E-state index is 10.1. The molecule has 1 aromatic carbocycles. The molecule has 21 heavy (non-hydrogen) atoms. The molecule has 0 radical (unpaired) electrons. The smallest absolute Gasteiger partial charge is 0.0791 e. The first-order valence-electron chi connectivity index (χ1n) is 7.64. The second-order valence-corrected chi connectivity index (χ2v) is 5.54. The van der Waals surface area contributed by atoms with Crippen LogP contribution in [0.5, 0.6) is 0 Å². The number of β-amino-alcohol motifs (C(OH)–C–C–N with tert-alkyl or cyclic N) is 1. The van der Waals surface area contributed by atoms with Gasteiger partial charge in [0.2, 0.25) is 0 Å². The van der Waals surface area contributed by atoms with Gasteiger partial charge < -0.3 is 20.3 Å². The van der Waals surface area contributed by atoms with Crippen LogP contribution in [0.2, 0.25) is 0 Å². The number of rotatable bonds is 8. The Morgan fingerprint density at radius 3 is 2.57 bits per heavy atom. The van der Waals surface area contributed by atoms with Gasteiger partial charge in [-0.1, -0.05) is 30.3 Å². The number of aliphatic hydroxyl groups is 2. The van der Waals surface area contributed by atoms with Crippen molar-refractivity contribution in [1.82, 2.24) is 10.2 Å². The molecular weight excluding hydrogens is 268 g/mol. The van der Waals surface area contributed by atoms with Gasteiger partial charge in [0, 0.05) is 32.2 Å². The zero-order valence-corrected chi connectivity index (χ0v) is 12.4. The molecule has 2 rings (SSSR count). The molecule has 2 atom stereocenters. The highest BCUT2D eigenvalue weighted by molar-refractivity contribution is 5.15. The molecule has 1 heterocycles. The third-order valence-corrected chi connectivity index (χ3v) is 3.76. The summed E-state index contributed by atoms with van der Waals surface area (Å²) in [6.07, 6.45) is 0.342. The topological polar surface area (TPSA) is 65.0 Å². The molecule has 2 unspecified atom stereocenters. The summed E-state index contributed by atoms with van der Waals surface area (Å²) in [7, 11) is 0. The second kappa shape index (κ2) is 9.12.